The first-order chi connectivity index (χ1) is 7.22. The fourth-order valence-electron chi connectivity index (χ4n) is 1.13. The molecule has 2 nitrogen and oxygen atoms in total. The summed E-state index contributed by atoms with van der Waals surface area (Å²) in [7, 11) is 1.52. The van der Waals surface area contributed by atoms with E-state index < -0.39 is 6.67 Å². The first-order valence-electron chi connectivity index (χ1n) is 4.34. The van der Waals surface area contributed by atoms with Crippen molar-refractivity contribution in [3.05, 3.63) is 22.7 Å². The van der Waals surface area contributed by atoms with Gasteiger partial charge in [-0.1, -0.05) is 27.5 Å². The number of rotatable bonds is 5. The number of hydrogen-bond donors (Lipinski definition) is 0. The fourth-order valence-corrected chi connectivity index (χ4v) is 1.74. The quantitative estimate of drug-likeness (QED) is 0.773. The highest BCUT2D eigenvalue weighted by Crippen LogP contribution is 2.36. The van der Waals surface area contributed by atoms with Gasteiger partial charge in [-0.3, -0.25) is 0 Å². The number of alkyl halides is 2. The number of halogens is 3. The molecule has 0 atom stereocenters. The summed E-state index contributed by atoms with van der Waals surface area (Å²) in [5.41, 5.74) is 0.976. The molecule has 15 heavy (non-hydrogen) atoms. The molecule has 0 aromatic heterocycles. The minimum Gasteiger partial charge on any atom is -0.493 e. The molecule has 0 saturated heterocycles. The van der Waals surface area contributed by atoms with Crippen LogP contribution >= 0.6 is 27.5 Å². The topological polar surface area (TPSA) is 18.5 Å². The van der Waals surface area contributed by atoms with Gasteiger partial charge in [-0.2, -0.15) is 0 Å². The SMILES string of the molecule is COc1cc(CBr)cc(Cl)c1OCCF. The molecular weight excluding hydrogens is 286 g/mol. The minimum absolute atomic E-state index is 0.0241. The highest BCUT2D eigenvalue weighted by molar-refractivity contribution is 9.08. The highest BCUT2D eigenvalue weighted by atomic mass is 79.9. The maximum absolute atomic E-state index is 12.0. The van der Waals surface area contributed by atoms with E-state index in [1.807, 2.05) is 0 Å². The lowest BCUT2D eigenvalue weighted by atomic mass is 10.2. The lowest BCUT2D eigenvalue weighted by Crippen LogP contribution is -2.01. The Morgan fingerprint density at radius 3 is 2.73 bits per heavy atom. The maximum atomic E-state index is 12.0. The molecule has 0 saturated carbocycles. The third-order valence-corrected chi connectivity index (χ3v) is 2.70. The minimum atomic E-state index is -0.556. The van der Waals surface area contributed by atoms with Crippen molar-refractivity contribution in [2.24, 2.45) is 0 Å². The Hall–Kier alpha value is -0.480. The second-order valence-corrected chi connectivity index (χ2v) is 3.75. The predicted octanol–water partition coefficient (Wildman–Crippen LogP) is 3.59. The van der Waals surface area contributed by atoms with Crippen molar-refractivity contribution in [2.75, 3.05) is 20.4 Å². The first kappa shape index (κ1) is 12.6. The van der Waals surface area contributed by atoms with Crippen LogP contribution in [0.25, 0.3) is 0 Å². The second kappa shape index (κ2) is 6.18. The largest absolute Gasteiger partial charge is 0.493 e. The van der Waals surface area contributed by atoms with Crippen LogP contribution in [0.3, 0.4) is 0 Å². The van der Waals surface area contributed by atoms with Crippen LogP contribution in [-0.2, 0) is 5.33 Å². The van der Waals surface area contributed by atoms with Crippen molar-refractivity contribution in [1.82, 2.24) is 0 Å². The molecule has 0 aliphatic carbocycles. The van der Waals surface area contributed by atoms with Crippen LogP contribution in [-0.4, -0.2) is 20.4 Å². The molecule has 1 aromatic carbocycles. The average molecular weight is 298 g/mol. The first-order valence-corrected chi connectivity index (χ1v) is 5.84. The van der Waals surface area contributed by atoms with E-state index in [1.54, 1.807) is 12.1 Å². The van der Waals surface area contributed by atoms with Gasteiger partial charge in [0.05, 0.1) is 12.1 Å². The van der Waals surface area contributed by atoms with Crippen molar-refractivity contribution < 1.29 is 13.9 Å². The third-order valence-electron chi connectivity index (χ3n) is 1.77. The Labute approximate surface area is 101 Å². The molecule has 0 amide bonds. The fraction of sp³-hybridized carbons (Fsp3) is 0.400. The molecule has 0 fully saturated rings. The van der Waals surface area contributed by atoms with Gasteiger partial charge >= 0.3 is 0 Å². The number of methoxy groups -OCH3 is 1. The molecule has 0 N–H and O–H groups in total. The Kier molecular flexibility index (Phi) is 5.19. The number of ether oxygens (including phenoxy) is 2. The van der Waals surface area contributed by atoms with Gasteiger partial charge in [-0.25, -0.2) is 4.39 Å². The lowest BCUT2D eigenvalue weighted by Gasteiger charge is -2.12. The van der Waals surface area contributed by atoms with E-state index in [2.05, 4.69) is 15.9 Å². The van der Waals surface area contributed by atoms with Gasteiger partial charge in [0.1, 0.15) is 13.3 Å². The van der Waals surface area contributed by atoms with Gasteiger partial charge < -0.3 is 9.47 Å². The summed E-state index contributed by atoms with van der Waals surface area (Å²) in [5, 5.41) is 1.10. The van der Waals surface area contributed by atoms with Crippen LogP contribution in [0.5, 0.6) is 11.5 Å². The van der Waals surface area contributed by atoms with Gasteiger partial charge in [0, 0.05) is 5.33 Å². The van der Waals surface area contributed by atoms with E-state index in [4.69, 9.17) is 21.1 Å². The lowest BCUT2D eigenvalue weighted by molar-refractivity contribution is 0.260. The van der Waals surface area contributed by atoms with Gasteiger partial charge in [-0.15, -0.1) is 0 Å². The van der Waals surface area contributed by atoms with Crippen LogP contribution in [0.2, 0.25) is 5.02 Å². The van der Waals surface area contributed by atoms with E-state index in [9.17, 15) is 4.39 Å². The van der Waals surface area contributed by atoms with Crippen LogP contribution < -0.4 is 9.47 Å². The van der Waals surface area contributed by atoms with Crippen molar-refractivity contribution in [1.29, 1.82) is 0 Å². The van der Waals surface area contributed by atoms with Crippen LogP contribution in [0.4, 0.5) is 4.39 Å². The van der Waals surface area contributed by atoms with E-state index in [0.717, 1.165) is 5.56 Å². The smallest absolute Gasteiger partial charge is 0.179 e. The summed E-state index contributed by atoms with van der Waals surface area (Å²) in [6.07, 6.45) is 0. The molecule has 1 rings (SSSR count). The van der Waals surface area contributed by atoms with E-state index in [0.29, 0.717) is 21.9 Å². The molecule has 0 radical (unpaired) electrons. The predicted molar refractivity (Wildman–Crippen MR) is 62.1 cm³/mol. The summed E-state index contributed by atoms with van der Waals surface area (Å²) in [6, 6.07) is 3.56. The summed E-state index contributed by atoms with van der Waals surface area (Å²) in [6.45, 7) is -0.580. The Balaban J connectivity index is 3.01. The Morgan fingerprint density at radius 1 is 1.47 bits per heavy atom. The molecule has 0 spiro atoms. The number of hydrogen-bond acceptors (Lipinski definition) is 2. The van der Waals surface area contributed by atoms with Gasteiger partial charge in [-0.05, 0) is 17.7 Å². The number of benzene rings is 1. The molecule has 1 aromatic rings. The molecule has 84 valence electrons. The summed E-state index contributed by atoms with van der Waals surface area (Å²) in [4.78, 5) is 0. The van der Waals surface area contributed by atoms with Crippen molar-refractivity contribution in [3.63, 3.8) is 0 Å². The molecular formula is C10H11BrClFO2. The van der Waals surface area contributed by atoms with Crippen LogP contribution in [0.1, 0.15) is 5.56 Å². The molecule has 0 aliphatic rings. The standard InChI is InChI=1S/C10H11BrClFO2/c1-14-9-5-7(6-11)4-8(12)10(9)15-3-2-13/h4-5H,2-3,6H2,1H3. The van der Waals surface area contributed by atoms with Gasteiger partial charge in [0.2, 0.25) is 0 Å². The van der Waals surface area contributed by atoms with Gasteiger partial charge in [0.25, 0.3) is 0 Å². The summed E-state index contributed by atoms with van der Waals surface area (Å²) < 4.78 is 22.2. The molecule has 0 heterocycles. The Bertz CT molecular complexity index is 333. The molecule has 5 heteroatoms. The normalized spacial score (nSPS) is 10.1. The highest BCUT2D eigenvalue weighted by Gasteiger charge is 2.11. The van der Waals surface area contributed by atoms with E-state index in [1.165, 1.54) is 7.11 Å². The molecule has 0 bridgehead atoms. The van der Waals surface area contributed by atoms with Crippen LogP contribution in [0.15, 0.2) is 12.1 Å². The van der Waals surface area contributed by atoms with Crippen molar-refractivity contribution >= 4 is 27.5 Å². The monoisotopic (exact) mass is 296 g/mol. The third kappa shape index (κ3) is 3.24. The van der Waals surface area contributed by atoms with Crippen molar-refractivity contribution in [3.8, 4) is 11.5 Å². The zero-order valence-corrected chi connectivity index (χ0v) is 10.6. The van der Waals surface area contributed by atoms with Crippen LogP contribution in [0, 0.1) is 0 Å². The zero-order chi connectivity index (χ0) is 11.3. The Morgan fingerprint density at radius 2 is 2.20 bits per heavy atom. The average Bonchev–Trinajstić information content (AvgIpc) is 2.26. The molecule has 0 unspecified atom stereocenters. The second-order valence-electron chi connectivity index (χ2n) is 2.78. The molecule has 0 aliphatic heterocycles. The zero-order valence-electron chi connectivity index (χ0n) is 8.23. The summed E-state index contributed by atoms with van der Waals surface area (Å²) in [5.74, 6) is 0.909. The van der Waals surface area contributed by atoms with Crippen molar-refractivity contribution in [2.45, 2.75) is 5.33 Å². The maximum Gasteiger partial charge on any atom is 0.179 e. The van der Waals surface area contributed by atoms with E-state index in [-0.39, 0.29) is 6.61 Å². The van der Waals surface area contributed by atoms with Gasteiger partial charge in [0.15, 0.2) is 11.5 Å². The summed E-state index contributed by atoms with van der Waals surface area (Å²) >= 11 is 9.30. The van der Waals surface area contributed by atoms with E-state index >= 15 is 0 Å².